The van der Waals surface area contributed by atoms with Gasteiger partial charge >= 0.3 is 0 Å². The number of carbonyl (C=O) groups excluding carboxylic acids is 1. The molecule has 0 bridgehead atoms. The maximum atomic E-state index is 13.3. The molecule has 1 aliphatic heterocycles. The van der Waals surface area contributed by atoms with Gasteiger partial charge in [-0.25, -0.2) is 0 Å². The molecule has 0 radical (unpaired) electrons. The first kappa shape index (κ1) is 16.7. The fraction of sp³-hybridized carbons (Fsp3) is 0.500. The first-order chi connectivity index (χ1) is 12.3. The lowest BCUT2D eigenvalue weighted by atomic mass is 9.95. The van der Waals surface area contributed by atoms with E-state index in [2.05, 4.69) is 10.4 Å². The predicted molar refractivity (Wildman–Crippen MR) is 98.9 cm³/mol. The number of fused-ring (bicyclic) bond motifs is 1. The molecule has 1 unspecified atom stereocenters. The summed E-state index contributed by atoms with van der Waals surface area (Å²) in [5.74, 6) is 0.139. The Labute approximate surface area is 152 Å². The molecule has 5 heteroatoms. The second kappa shape index (κ2) is 7.67. The van der Waals surface area contributed by atoms with Gasteiger partial charge in [0.2, 0.25) is 0 Å². The Morgan fingerprint density at radius 3 is 3.00 bits per heavy atom. The molecule has 3 heterocycles. The molecule has 1 aliphatic carbocycles. The summed E-state index contributed by atoms with van der Waals surface area (Å²) < 4.78 is 5.79. The molecule has 2 aliphatic rings. The zero-order valence-corrected chi connectivity index (χ0v) is 15.3. The maximum absolute atomic E-state index is 13.3. The molecule has 1 atom stereocenters. The highest BCUT2D eigenvalue weighted by Gasteiger charge is 2.27. The van der Waals surface area contributed by atoms with Crippen LogP contribution in [0.4, 0.5) is 0 Å². The van der Waals surface area contributed by atoms with Crippen molar-refractivity contribution in [1.82, 2.24) is 9.88 Å². The molecule has 132 valence electrons. The number of hydrogen-bond donors (Lipinski definition) is 0. The van der Waals surface area contributed by atoms with Gasteiger partial charge in [-0.15, -0.1) is 11.3 Å². The van der Waals surface area contributed by atoms with E-state index < -0.39 is 0 Å². The van der Waals surface area contributed by atoms with Crippen molar-refractivity contribution < 1.29 is 9.53 Å². The quantitative estimate of drug-likeness (QED) is 0.817. The van der Waals surface area contributed by atoms with Crippen molar-refractivity contribution in [3.05, 3.63) is 51.5 Å². The van der Waals surface area contributed by atoms with Crippen LogP contribution in [0.15, 0.2) is 29.8 Å². The monoisotopic (exact) mass is 356 g/mol. The van der Waals surface area contributed by atoms with Gasteiger partial charge in [0.25, 0.3) is 5.91 Å². The Balaban J connectivity index is 1.57. The number of aromatic nitrogens is 1. The minimum atomic E-state index is 0.139. The number of hydrogen-bond acceptors (Lipinski definition) is 4. The number of pyridine rings is 1. The molecule has 1 saturated heterocycles. The summed E-state index contributed by atoms with van der Waals surface area (Å²) in [4.78, 5) is 21.1. The zero-order chi connectivity index (χ0) is 17.1. The van der Waals surface area contributed by atoms with E-state index in [1.807, 2.05) is 23.1 Å². The fourth-order valence-electron chi connectivity index (χ4n) is 3.78. The standard InChI is InChI=1S/C20H24N2O2S/c23-20(18-14-25-19-9-2-1-8-17(18)19)22(13-16-7-5-11-24-16)12-15-6-3-4-10-21-15/h3-4,6,10,14,16H,1-2,5,7-9,11-13H2. The SMILES string of the molecule is O=C(c1csc2c1CCCC2)N(Cc1ccccn1)CC1CCCO1. The van der Waals surface area contributed by atoms with Gasteiger partial charge < -0.3 is 9.64 Å². The average Bonchev–Trinajstić information content (AvgIpc) is 3.31. The average molecular weight is 356 g/mol. The second-order valence-electron chi connectivity index (χ2n) is 6.90. The molecular weight excluding hydrogens is 332 g/mol. The number of thiophene rings is 1. The number of aryl methyl sites for hydroxylation is 1. The normalized spacial score (nSPS) is 19.6. The van der Waals surface area contributed by atoms with Crippen LogP contribution in [-0.4, -0.2) is 35.0 Å². The van der Waals surface area contributed by atoms with Crippen LogP contribution in [0.2, 0.25) is 0 Å². The lowest BCUT2D eigenvalue weighted by Crippen LogP contribution is -2.37. The summed E-state index contributed by atoms with van der Waals surface area (Å²) >= 11 is 1.75. The van der Waals surface area contributed by atoms with E-state index in [1.165, 1.54) is 23.3 Å². The molecule has 0 spiro atoms. The number of amides is 1. The number of ether oxygens (including phenoxy) is 1. The van der Waals surface area contributed by atoms with Gasteiger partial charge in [0.05, 0.1) is 23.9 Å². The highest BCUT2D eigenvalue weighted by Crippen LogP contribution is 2.31. The number of nitrogens with zero attached hydrogens (tertiary/aromatic N) is 2. The van der Waals surface area contributed by atoms with Crippen molar-refractivity contribution in [3.63, 3.8) is 0 Å². The maximum Gasteiger partial charge on any atom is 0.255 e. The summed E-state index contributed by atoms with van der Waals surface area (Å²) in [6.07, 6.45) is 8.66. The molecule has 1 amide bonds. The first-order valence-electron chi connectivity index (χ1n) is 9.21. The summed E-state index contributed by atoms with van der Waals surface area (Å²) in [6.45, 7) is 2.01. The summed E-state index contributed by atoms with van der Waals surface area (Å²) in [7, 11) is 0. The van der Waals surface area contributed by atoms with Crippen molar-refractivity contribution >= 4 is 17.2 Å². The third-order valence-corrected chi connectivity index (χ3v) is 6.19. The summed E-state index contributed by atoms with van der Waals surface area (Å²) in [5.41, 5.74) is 3.13. The van der Waals surface area contributed by atoms with Gasteiger partial charge in [0.1, 0.15) is 0 Å². The Morgan fingerprint density at radius 1 is 1.28 bits per heavy atom. The molecule has 1 fully saturated rings. The fourth-order valence-corrected chi connectivity index (χ4v) is 4.90. The lowest BCUT2D eigenvalue weighted by molar-refractivity contribution is 0.0504. The first-order valence-corrected chi connectivity index (χ1v) is 10.1. The Kier molecular flexibility index (Phi) is 5.13. The van der Waals surface area contributed by atoms with Crippen LogP contribution in [0.1, 0.15) is 52.2 Å². The van der Waals surface area contributed by atoms with Gasteiger partial charge in [-0.05, 0) is 56.2 Å². The van der Waals surface area contributed by atoms with E-state index >= 15 is 0 Å². The van der Waals surface area contributed by atoms with Crippen LogP contribution in [0.3, 0.4) is 0 Å². The molecule has 2 aromatic heterocycles. The van der Waals surface area contributed by atoms with Gasteiger partial charge in [-0.3, -0.25) is 9.78 Å². The lowest BCUT2D eigenvalue weighted by Gasteiger charge is -2.26. The minimum Gasteiger partial charge on any atom is -0.376 e. The van der Waals surface area contributed by atoms with Crippen LogP contribution in [0.5, 0.6) is 0 Å². The Morgan fingerprint density at radius 2 is 2.20 bits per heavy atom. The van der Waals surface area contributed by atoms with Crippen LogP contribution < -0.4 is 0 Å². The smallest absolute Gasteiger partial charge is 0.255 e. The van der Waals surface area contributed by atoms with Crippen LogP contribution >= 0.6 is 11.3 Å². The van der Waals surface area contributed by atoms with Gasteiger partial charge in [0, 0.05) is 29.6 Å². The third-order valence-electron chi connectivity index (χ3n) is 5.11. The minimum absolute atomic E-state index is 0.139. The molecule has 2 aromatic rings. The van der Waals surface area contributed by atoms with E-state index in [4.69, 9.17) is 4.74 Å². The van der Waals surface area contributed by atoms with Crippen LogP contribution in [0.25, 0.3) is 0 Å². The topological polar surface area (TPSA) is 42.4 Å². The highest BCUT2D eigenvalue weighted by atomic mass is 32.1. The third kappa shape index (κ3) is 3.77. The van der Waals surface area contributed by atoms with Crippen LogP contribution in [0, 0.1) is 0 Å². The molecule has 4 rings (SSSR count). The predicted octanol–water partition coefficient (Wildman–Crippen LogP) is 3.84. The molecule has 0 aromatic carbocycles. The van der Waals surface area contributed by atoms with E-state index in [0.717, 1.165) is 43.5 Å². The van der Waals surface area contributed by atoms with E-state index in [9.17, 15) is 4.79 Å². The van der Waals surface area contributed by atoms with Crippen molar-refractivity contribution in [2.75, 3.05) is 13.2 Å². The zero-order valence-electron chi connectivity index (χ0n) is 14.4. The van der Waals surface area contributed by atoms with E-state index in [0.29, 0.717) is 13.1 Å². The van der Waals surface area contributed by atoms with Gasteiger partial charge in [-0.1, -0.05) is 6.07 Å². The second-order valence-corrected chi connectivity index (χ2v) is 7.86. The largest absolute Gasteiger partial charge is 0.376 e. The Bertz CT molecular complexity index is 723. The summed E-state index contributed by atoms with van der Waals surface area (Å²) in [6, 6.07) is 5.87. The van der Waals surface area contributed by atoms with Crippen molar-refractivity contribution in [2.24, 2.45) is 0 Å². The molecule has 0 saturated carbocycles. The number of rotatable bonds is 5. The van der Waals surface area contributed by atoms with Crippen molar-refractivity contribution in [2.45, 2.75) is 51.2 Å². The Hall–Kier alpha value is -1.72. The molecule has 4 nitrogen and oxygen atoms in total. The van der Waals surface area contributed by atoms with Gasteiger partial charge in [0.15, 0.2) is 0 Å². The van der Waals surface area contributed by atoms with Crippen molar-refractivity contribution in [3.8, 4) is 0 Å². The molecule has 0 N–H and O–H groups in total. The van der Waals surface area contributed by atoms with Crippen molar-refractivity contribution in [1.29, 1.82) is 0 Å². The van der Waals surface area contributed by atoms with Gasteiger partial charge in [-0.2, -0.15) is 0 Å². The van der Waals surface area contributed by atoms with Crippen LogP contribution in [-0.2, 0) is 24.1 Å². The molecular formula is C20H24N2O2S. The number of carbonyl (C=O) groups is 1. The van der Waals surface area contributed by atoms with E-state index in [1.54, 1.807) is 17.5 Å². The summed E-state index contributed by atoms with van der Waals surface area (Å²) in [5, 5.41) is 2.07. The highest BCUT2D eigenvalue weighted by molar-refractivity contribution is 7.10. The molecule has 25 heavy (non-hydrogen) atoms. The van der Waals surface area contributed by atoms with E-state index in [-0.39, 0.29) is 12.0 Å².